The number of hydrazine groups is 1. The third-order valence-corrected chi connectivity index (χ3v) is 7.76. The van der Waals surface area contributed by atoms with E-state index < -0.39 is 44.8 Å². The third kappa shape index (κ3) is 10.9. The van der Waals surface area contributed by atoms with E-state index in [-0.39, 0.29) is 11.4 Å². The van der Waals surface area contributed by atoms with Crippen molar-refractivity contribution in [3.63, 3.8) is 0 Å². The number of hydrogen-bond acceptors (Lipinski definition) is 8. The Hall–Kier alpha value is -2.93. The number of nitrogens with zero attached hydrogens (tertiary/aromatic N) is 3. The lowest BCUT2D eigenvalue weighted by atomic mass is 10.2. The molecule has 0 aliphatic carbocycles. The summed E-state index contributed by atoms with van der Waals surface area (Å²) >= 11 is 12.5. The van der Waals surface area contributed by atoms with E-state index in [1.807, 2.05) is 5.01 Å². The highest BCUT2D eigenvalue weighted by molar-refractivity contribution is 7.87. The van der Waals surface area contributed by atoms with Gasteiger partial charge in [0.2, 0.25) is 0 Å². The molecule has 3 N–H and O–H groups in total. The van der Waals surface area contributed by atoms with E-state index in [2.05, 4.69) is 10.4 Å². The molecule has 1 amide bonds. The summed E-state index contributed by atoms with van der Waals surface area (Å²) in [4.78, 5) is 17.8. The SMILES string of the molecule is Cc1c(C(=O)NN2CCCCC2)nc(-c2ccc(Cl)cc2Cl)n1-c1ccc(OS(=O)(=O)CCC(F)(F)F)cc1.O=S(=O)(O)O. The first-order valence-electron chi connectivity index (χ1n) is 12.7. The van der Waals surface area contributed by atoms with E-state index in [0.29, 0.717) is 32.8 Å². The molecule has 12 nitrogen and oxygen atoms in total. The first kappa shape index (κ1) is 35.5. The normalized spacial score (nSPS) is 14.5. The first-order chi connectivity index (χ1) is 20.3. The number of benzene rings is 2. The van der Waals surface area contributed by atoms with E-state index in [0.717, 1.165) is 32.4 Å². The largest absolute Gasteiger partial charge is 0.394 e. The van der Waals surface area contributed by atoms with Gasteiger partial charge in [-0.05, 0) is 62.2 Å². The summed E-state index contributed by atoms with van der Waals surface area (Å²) < 4.78 is 99.4. The average molecular weight is 704 g/mol. The lowest BCUT2D eigenvalue weighted by Crippen LogP contribution is -2.45. The quantitative estimate of drug-likeness (QED) is 0.207. The summed E-state index contributed by atoms with van der Waals surface area (Å²) in [6.45, 7) is 3.17. The van der Waals surface area contributed by atoms with Crippen LogP contribution in [-0.4, -0.2) is 71.4 Å². The Morgan fingerprint density at radius 2 is 1.61 bits per heavy atom. The number of hydrogen-bond donors (Lipinski definition) is 3. The topological polar surface area (TPSA) is 168 Å². The Balaban J connectivity index is 0.000000978. The summed E-state index contributed by atoms with van der Waals surface area (Å²) in [6, 6.07) is 10.5. The van der Waals surface area contributed by atoms with Gasteiger partial charge in [-0.25, -0.2) is 9.99 Å². The molecule has 44 heavy (non-hydrogen) atoms. The molecule has 0 bridgehead atoms. The van der Waals surface area contributed by atoms with Gasteiger partial charge in [-0.2, -0.15) is 30.0 Å². The minimum Gasteiger partial charge on any atom is -0.382 e. The molecule has 0 spiro atoms. The molecule has 0 atom stereocenters. The molecular formula is C25H27Cl2F3N4O8S2. The maximum atomic E-state index is 13.2. The van der Waals surface area contributed by atoms with Crippen LogP contribution in [0, 0.1) is 6.92 Å². The highest BCUT2D eigenvalue weighted by Gasteiger charge is 2.31. The summed E-state index contributed by atoms with van der Waals surface area (Å²) in [5, 5.41) is 2.56. The van der Waals surface area contributed by atoms with Gasteiger partial charge in [-0.15, -0.1) is 0 Å². The molecule has 2 aromatic carbocycles. The average Bonchev–Trinajstić information content (AvgIpc) is 3.24. The maximum Gasteiger partial charge on any atom is 0.394 e. The van der Waals surface area contributed by atoms with Crippen LogP contribution < -0.4 is 9.61 Å². The number of rotatable bonds is 8. The lowest BCUT2D eigenvalue weighted by molar-refractivity contribution is -0.130. The van der Waals surface area contributed by atoms with Crippen molar-refractivity contribution in [2.24, 2.45) is 0 Å². The predicted octanol–water partition coefficient (Wildman–Crippen LogP) is 5.29. The molecule has 3 aromatic rings. The Bertz CT molecular complexity index is 1690. The zero-order valence-electron chi connectivity index (χ0n) is 22.9. The van der Waals surface area contributed by atoms with Gasteiger partial charge in [-0.3, -0.25) is 23.9 Å². The van der Waals surface area contributed by atoms with Crippen molar-refractivity contribution in [2.75, 3.05) is 18.8 Å². The highest BCUT2D eigenvalue weighted by Crippen LogP contribution is 2.34. The molecule has 1 saturated heterocycles. The minimum atomic E-state index is -4.67. The van der Waals surface area contributed by atoms with E-state index in [1.165, 1.54) is 24.3 Å². The van der Waals surface area contributed by atoms with Gasteiger partial charge in [-0.1, -0.05) is 29.6 Å². The number of carbonyl (C=O) groups is 1. The second-order valence-corrected chi connectivity index (χ2v) is 12.9. The van der Waals surface area contributed by atoms with Crippen molar-refractivity contribution in [1.29, 1.82) is 0 Å². The summed E-state index contributed by atoms with van der Waals surface area (Å²) in [5.74, 6) is -1.42. The fourth-order valence-electron chi connectivity index (χ4n) is 4.17. The van der Waals surface area contributed by atoms with Crippen molar-refractivity contribution in [1.82, 2.24) is 20.0 Å². The van der Waals surface area contributed by atoms with E-state index in [1.54, 1.807) is 29.7 Å². The van der Waals surface area contributed by atoms with Crippen molar-refractivity contribution in [3.8, 4) is 22.8 Å². The second-order valence-electron chi connectivity index (χ2n) is 9.47. The summed E-state index contributed by atoms with van der Waals surface area (Å²) in [6.07, 6.45) is -3.10. The molecule has 0 saturated carbocycles. The molecule has 19 heteroatoms. The maximum absolute atomic E-state index is 13.2. The number of alkyl halides is 3. The number of nitrogens with one attached hydrogen (secondary N) is 1. The minimum absolute atomic E-state index is 0.159. The van der Waals surface area contributed by atoms with Gasteiger partial charge in [0.15, 0.2) is 5.69 Å². The standard InChI is InChI=1S/C25H25Cl2F3N4O4S.H2O4S/c1-16-22(24(35)32-33-12-3-2-4-13-33)31-23(20-10-5-17(26)15-21(20)27)34(16)18-6-8-19(9-7-18)38-39(36,37)14-11-25(28,29)30;1-5(2,3)4/h5-10,15H,2-4,11-14H2,1H3,(H,32,35);(H2,1,2,3,4). The number of amides is 1. The van der Waals surface area contributed by atoms with Crippen LogP contribution in [0.15, 0.2) is 42.5 Å². The molecule has 1 aromatic heterocycles. The van der Waals surface area contributed by atoms with Gasteiger partial charge in [0.25, 0.3) is 5.91 Å². The van der Waals surface area contributed by atoms with Crippen LogP contribution in [0.3, 0.4) is 0 Å². The van der Waals surface area contributed by atoms with Crippen LogP contribution in [0.5, 0.6) is 5.75 Å². The van der Waals surface area contributed by atoms with Crippen molar-refractivity contribution in [2.45, 2.75) is 38.8 Å². The van der Waals surface area contributed by atoms with Gasteiger partial charge in [0.05, 0.1) is 22.9 Å². The monoisotopic (exact) mass is 702 g/mol. The highest BCUT2D eigenvalue weighted by atomic mass is 35.5. The van der Waals surface area contributed by atoms with Gasteiger partial charge < -0.3 is 4.18 Å². The fourth-order valence-corrected chi connectivity index (χ4v) is 5.63. The molecule has 1 fully saturated rings. The molecule has 1 aliphatic heterocycles. The Morgan fingerprint density at radius 3 is 2.16 bits per heavy atom. The Kier molecular flexibility index (Phi) is 11.7. The first-order valence-corrected chi connectivity index (χ1v) is 16.5. The molecule has 0 unspecified atom stereocenters. The smallest absolute Gasteiger partial charge is 0.382 e. The molecule has 242 valence electrons. The second kappa shape index (κ2) is 14.4. The fraction of sp³-hybridized carbons (Fsp3) is 0.360. The Labute approximate surface area is 261 Å². The van der Waals surface area contributed by atoms with Crippen molar-refractivity contribution >= 4 is 49.6 Å². The predicted molar refractivity (Wildman–Crippen MR) is 156 cm³/mol. The molecule has 2 heterocycles. The zero-order valence-corrected chi connectivity index (χ0v) is 26.0. The number of carbonyl (C=O) groups excluding carboxylic acids is 1. The van der Waals surface area contributed by atoms with Crippen LogP contribution in [0.4, 0.5) is 13.2 Å². The van der Waals surface area contributed by atoms with Crippen LogP contribution in [0.2, 0.25) is 10.0 Å². The van der Waals surface area contributed by atoms with E-state index in [9.17, 15) is 26.4 Å². The molecule has 0 radical (unpaired) electrons. The zero-order chi connectivity index (χ0) is 32.9. The summed E-state index contributed by atoms with van der Waals surface area (Å²) in [7, 11) is -9.13. The number of imidazole rings is 1. The molecule has 1 aliphatic rings. The van der Waals surface area contributed by atoms with Gasteiger partial charge in [0.1, 0.15) is 11.6 Å². The van der Waals surface area contributed by atoms with Crippen molar-refractivity contribution in [3.05, 3.63) is 63.9 Å². The number of aromatic nitrogens is 2. The van der Waals surface area contributed by atoms with Crippen LogP contribution in [-0.2, 0) is 20.5 Å². The Morgan fingerprint density at radius 1 is 1.02 bits per heavy atom. The molecule has 4 rings (SSSR count). The van der Waals surface area contributed by atoms with Gasteiger partial charge in [0, 0.05) is 29.4 Å². The third-order valence-electron chi connectivity index (χ3n) is 6.06. The van der Waals surface area contributed by atoms with Crippen molar-refractivity contribution < 1.29 is 48.1 Å². The molecular weight excluding hydrogens is 676 g/mol. The van der Waals surface area contributed by atoms with E-state index >= 15 is 0 Å². The van der Waals surface area contributed by atoms with Crippen LogP contribution >= 0.6 is 23.2 Å². The van der Waals surface area contributed by atoms with Crippen LogP contribution in [0.25, 0.3) is 17.1 Å². The summed E-state index contributed by atoms with van der Waals surface area (Å²) in [5.41, 5.74) is 4.53. The number of piperidine rings is 1. The lowest BCUT2D eigenvalue weighted by Gasteiger charge is -2.26. The van der Waals surface area contributed by atoms with Gasteiger partial charge >= 0.3 is 26.7 Å². The van der Waals surface area contributed by atoms with E-state index in [4.69, 9.17) is 44.9 Å². The van der Waals surface area contributed by atoms with Crippen LogP contribution in [0.1, 0.15) is 41.9 Å². The number of halogens is 5.